The second-order valence-electron chi connectivity index (χ2n) is 7.09. The van der Waals surface area contributed by atoms with Gasteiger partial charge in [-0.05, 0) is 70.6 Å². The lowest BCUT2D eigenvalue weighted by Crippen LogP contribution is -2.39. The number of rotatable bonds is 10. The van der Waals surface area contributed by atoms with Crippen LogP contribution in [0.3, 0.4) is 0 Å². The van der Waals surface area contributed by atoms with Gasteiger partial charge < -0.3 is 9.80 Å². The average Bonchev–Trinajstić information content (AvgIpc) is 2.69. The number of amides is 1. The van der Waals surface area contributed by atoms with Gasteiger partial charge in [-0.2, -0.15) is 0 Å². The Labute approximate surface area is 164 Å². The fraction of sp³-hybridized carbons (Fsp3) is 0.478. The summed E-state index contributed by atoms with van der Waals surface area (Å²) in [6.07, 6.45) is 2.07. The summed E-state index contributed by atoms with van der Waals surface area (Å²) >= 11 is 0. The molecule has 0 saturated carbocycles. The number of aryl methyl sites for hydroxylation is 1. The van der Waals surface area contributed by atoms with E-state index in [9.17, 15) is 4.79 Å². The van der Waals surface area contributed by atoms with Crippen molar-refractivity contribution in [2.75, 3.05) is 19.6 Å². The van der Waals surface area contributed by atoms with E-state index in [0.717, 1.165) is 49.4 Å². The average molecular weight is 368 g/mol. The van der Waals surface area contributed by atoms with Crippen molar-refractivity contribution in [2.24, 2.45) is 0 Å². The van der Waals surface area contributed by atoms with Crippen molar-refractivity contribution >= 4 is 5.91 Å². The normalized spacial score (nSPS) is 12.2. The zero-order valence-electron chi connectivity index (χ0n) is 17.2. The van der Waals surface area contributed by atoms with E-state index in [2.05, 4.69) is 30.7 Å². The molecule has 1 unspecified atom stereocenters. The highest BCUT2D eigenvalue weighted by Crippen LogP contribution is 2.16. The lowest BCUT2D eigenvalue weighted by molar-refractivity contribution is 0.0659. The van der Waals surface area contributed by atoms with Crippen LogP contribution in [0.4, 0.5) is 0 Å². The molecule has 4 heteroatoms. The number of hydrogen-bond donors (Lipinski definition) is 0. The van der Waals surface area contributed by atoms with E-state index in [1.54, 1.807) is 0 Å². The first kappa shape index (κ1) is 21.1. The molecule has 0 N–H and O–H groups in total. The van der Waals surface area contributed by atoms with Crippen molar-refractivity contribution in [1.29, 1.82) is 0 Å². The molecule has 2 aromatic rings. The molecule has 0 saturated heterocycles. The summed E-state index contributed by atoms with van der Waals surface area (Å²) in [4.78, 5) is 22.2. The van der Waals surface area contributed by atoms with E-state index >= 15 is 0 Å². The molecule has 0 aliphatic heterocycles. The Kier molecular flexibility index (Phi) is 8.46. The monoisotopic (exact) mass is 367 g/mol. The summed E-state index contributed by atoms with van der Waals surface area (Å²) in [5.74, 6) is 0.0780. The maximum Gasteiger partial charge on any atom is 0.254 e. The van der Waals surface area contributed by atoms with Gasteiger partial charge in [-0.1, -0.05) is 38.1 Å². The van der Waals surface area contributed by atoms with E-state index in [1.165, 1.54) is 0 Å². The molecule has 1 aromatic heterocycles. The van der Waals surface area contributed by atoms with Gasteiger partial charge in [-0.15, -0.1) is 0 Å². The molecular formula is C23H33N3O. The van der Waals surface area contributed by atoms with E-state index in [-0.39, 0.29) is 11.9 Å². The van der Waals surface area contributed by atoms with E-state index in [0.29, 0.717) is 6.54 Å². The number of benzene rings is 1. The van der Waals surface area contributed by atoms with Crippen LogP contribution in [0.1, 0.15) is 55.4 Å². The second kappa shape index (κ2) is 10.8. The fourth-order valence-corrected chi connectivity index (χ4v) is 3.34. The fourth-order valence-electron chi connectivity index (χ4n) is 3.34. The molecule has 27 heavy (non-hydrogen) atoms. The summed E-state index contributed by atoms with van der Waals surface area (Å²) in [7, 11) is 0. The van der Waals surface area contributed by atoms with Crippen molar-refractivity contribution in [2.45, 2.75) is 53.1 Å². The lowest BCUT2D eigenvalue weighted by Gasteiger charge is -2.30. The maximum atomic E-state index is 13.2. The lowest BCUT2D eigenvalue weighted by atomic mass is 10.1. The van der Waals surface area contributed by atoms with E-state index in [1.807, 2.05) is 60.4 Å². The maximum absolute atomic E-state index is 13.2. The molecule has 0 fully saturated rings. The van der Waals surface area contributed by atoms with Crippen molar-refractivity contribution in [3.05, 3.63) is 65.5 Å². The Morgan fingerprint density at radius 2 is 1.74 bits per heavy atom. The van der Waals surface area contributed by atoms with Gasteiger partial charge in [-0.25, -0.2) is 0 Å². The summed E-state index contributed by atoms with van der Waals surface area (Å²) in [6.45, 7) is 12.3. The molecule has 2 rings (SSSR count). The SMILES string of the molecule is CCN(CC)CCCC(C)N(Cc1cccc(C)n1)C(=O)c1ccccc1. The third-order valence-electron chi connectivity index (χ3n) is 5.08. The molecule has 1 aromatic carbocycles. The van der Waals surface area contributed by atoms with Crippen LogP contribution in [-0.2, 0) is 6.54 Å². The van der Waals surface area contributed by atoms with Crippen LogP contribution in [0.15, 0.2) is 48.5 Å². The number of nitrogens with zero attached hydrogens (tertiary/aromatic N) is 3. The molecule has 0 bridgehead atoms. The Morgan fingerprint density at radius 3 is 2.37 bits per heavy atom. The molecule has 0 radical (unpaired) electrons. The molecule has 0 aliphatic rings. The first-order chi connectivity index (χ1) is 13.0. The van der Waals surface area contributed by atoms with Crippen molar-refractivity contribution < 1.29 is 4.79 Å². The Hall–Kier alpha value is -2.20. The number of carbonyl (C=O) groups excluding carboxylic acids is 1. The highest BCUT2D eigenvalue weighted by atomic mass is 16.2. The van der Waals surface area contributed by atoms with Gasteiger partial charge in [0.05, 0.1) is 12.2 Å². The van der Waals surface area contributed by atoms with Crippen molar-refractivity contribution in [1.82, 2.24) is 14.8 Å². The van der Waals surface area contributed by atoms with E-state index in [4.69, 9.17) is 0 Å². The Balaban J connectivity index is 2.12. The number of hydrogen-bond acceptors (Lipinski definition) is 3. The first-order valence-electron chi connectivity index (χ1n) is 10.1. The predicted octanol–water partition coefficient (Wildman–Crippen LogP) is 4.54. The van der Waals surface area contributed by atoms with Crippen LogP contribution in [0.25, 0.3) is 0 Å². The highest BCUT2D eigenvalue weighted by molar-refractivity contribution is 5.94. The zero-order valence-corrected chi connectivity index (χ0v) is 17.2. The minimum absolute atomic E-state index is 0.0780. The predicted molar refractivity (Wildman–Crippen MR) is 112 cm³/mol. The van der Waals surface area contributed by atoms with Gasteiger partial charge in [-0.3, -0.25) is 9.78 Å². The van der Waals surface area contributed by atoms with Gasteiger partial charge in [0, 0.05) is 17.3 Å². The molecule has 1 amide bonds. The number of pyridine rings is 1. The molecule has 0 aliphatic carbocycles. The van der Waals surface area contributed by atoms with Gasteiger partial charge in [0.15, 0.2) is 0 Å². The van der Waals surface area contributed by atoms with Crippen LogP contribution >= 0.6 is 0 Å². The quantitative estimate of drug-likeness (QED) is 0.618. The first-order valence-corrected chi connectivity index (χ1v) is 10.1. The van der Waals surface area contributed by atoms with Crippen molar-refractivity contribution in [3.63, 3.8) is 0 Å². The van der Waals surface area contributed by atoms with Crippen molar-refractivity contribution in [3.8, 4) is 0 Å². The summed E-state index contributed by atoms with van der Waals surface area (Å²) in [5.41, 5.74) is 2.66. The zero-order chi connectivity index (χ0) is 19.6. The van der Waals surface area contributed by atoms with Gasteiger partial charge in [0.25, 0.3) is 5.91 Å². The number of aromatic nitrogens is 1. The number of carbonyl (C=O) groups is 1. The Bertz CT molecular complexity index is 698. The smallest absolute Gasteiger partial charge is 0.254 e. The largest absolute Gasteiger partial charge is 0.330 e. The molecule has 1 heterocycles. The van der Waals surface area contributed by atoms with Crippen LogP contribution in [0, 0.1) is 6.92 Å². The highest BCUT2D eigenvalue weighted by Gasteiger charge is 2.22. The third kappa shape index (κ3) is 6.47. The van der Waals surface area contributed by atoms with Crippen LogP contribution in [0.5, 0.6) is 0 Å². The Morgan fingerprint density at radius 1 is 1.04 bits per heavy atom. The third-order valence-corrected chi connectivity index (χ3v) is 5.08. The standard InChI is InChI=1S/C23H33N3O/c1-5-25(6-2)17-11-13-20(4)26(18-22-16-10-12-19(3)24-22)23(27)21-14-8-7-9-15-21/h7-10,12,14-16,20H,5-6,11,13,17-18H2,1-4H3. The molecule has 4 nitrogen and oxygen atoms in total. The molecule has 146 valence electrons. The van der Waals surface area contributed by atoms with E-state index < -0.39 is 0 Å². The molecular weight excluding hydrogens is 334 g/mol. The molecule has 0 spiro atoms. The molecule has 1 atom stereocenters. The second-order valence-corrected chi connectivity index (χ2v) is 7.09. The topological polar surface area (TPSA) is 36.4 Å². The van der Waals surface area contributed by atoms with Gasteiger partial charge in [0.1, 0.15) is 0 Å². The van der Waals surface area contributed by atoms with Crippen LogP contribution in [0.2, 0.25) is 0 Å². The summed E-state index contributed by atoms with van der Waals surface area (Å²) < 4.78 is 0. The minimum Gasteiger partial charge on any atom is -0.330 e. The van der Waals surface area contributed by atoms with Gasteiger partial charge in [0.2, 0.25) is 0 Å². The minimum atomic E-state index is 0.0780. The summed E-state index contributed by atoms with van der Waals surface area (Å²) in [6, 6.07) is 15.7. The van der Waals surface area contributed by atoms with Crippen LogP contribution < -0.4 is 0 Å². The summed E-state index contributed by atoms with van der Waals surface area (Å²) in [5, 5.41) is 0. The van der Waals surface area contributed by atoms with Gasteiger partial charge >= 0.3 is 0 Å². The van der Waals surface area contributed by atoms with Crippen LogP contribution in [-0.4, -0.2) is 46.4 Å².